The molecule has 18 heavy (non-hydrogen) atoms. The largest absolute Gasteiger partial charge is 0.345 e. The number of amides is 2. The van der Waals surface area contributed by atoms with E-state index in [1.54, 1.807) is 0 Å². The molecule has 0 unspecified atom stereocenters. The lowest BCUT2D eigenvalue weighted by Crippen LogP contribution is -2.42. The molecule has 0 heterocycles. The normalized spacial score (nSPS) is 31.8. The summed E-state index contributed by atoms with van der Waals surface area (Å²) in [5.74, 6) is 0.565. The number of carbonyl (C=O) groups excluding carboxylic acids is 2. The van der Waals surface area contributed by atoms with E-state index in [1.165, 1.54) is 32.1 Å². The van der Waals surface area contributed by atoms with E-state index >= 15 is 0 Å². The molecule has 4 heteroatoms. The second-order valence-electron chi connectivity index (χ2n) is 6.13. The lowest BCUT2D eigenvalue weighted by atomic mass is 9.85. The zero-order valence-corrected chi connectivity index (χ0v) is 10.8. The van der Waals surface area contributed by atoms with Crippen molar-refractivity contribution in [3.63, 3.8) is 0 Å². The lowest BCUT2D eigenvalue weighted by molar-refractivity contribution is -0.139. The van der Waals surface area contributed by atoms with Gasteiger partial charge in [-0.3, -0.25) is 9.59 Å². The fourth-order valence-corrected chi connectivity index (χ4v) is 3.18. The van der Waals surface area contributed by atoms with E-state index in [4.69, 9.17) is 0 Å². The maximum atomic E-state index is 11.7. The van der Waals surface area contributed by atoms with Gasteiger partial charge in [-0.2, -0.15) is 0 Å². The summed E-state index contributed by atoms with van der Waals surface area (Å²) in [6.45, 7) is 0. The molecular formula is C14H22N2O2. The maximum absolute atomic E-state index is 11.7. The number of rotatable bonds is 3. The van der Waals surface area contributed by atoms with Crippen LogP contribution < -0.4 is 10.6 Å². The van der Waals surface area contributed by atoms with E-state index in [9.17, 15) is 9.59 Å². The first-order valence-corrected chi connectivity index (χ1v) is 7.35. The van der Waals surface area contributed by atoms with Crippen molar-refractivity contribution in [2.24, 2.45) is 11.8 Å². The van der Waals surface area contributed by atoms with E-state index in [-0.39, 0.29) is 12.1 Å². The molecule has 0 spiro atoms. The predicted octanol–water partition coefficient (Wildman–Crippen LogP) is 1.35. The van der Waals surface area contributed by atoms with Gasteiger partial charge in [0.25, 0.3) is 0 Å². The summed E-state index contributed by atoms with van der Waals surface area (Å²) in [6, 6.07) is 0.530. The fraction of sp³-hybridized carbons (Fsp3) is 0.857. The Bertz CT molecular complexity index is 346. The second-order valence-corrected chi connectivity index (χ2v) is 6.13. The van der Waals surface area contributed by atoms with Crippen LogP contribution in [0.25, 0.3) is 0 Å². The van der Waals surface area contributed by atoms with E-state index in [0.29, 0.717) is 5.92 Å². The van der Waals surface area contributed by atoms with Crippen molar-refractivity contribution in [3.8, 4) is 0 Å². The average molecular weight is 250 g/mol. The molecule has 3 aliphatic carbocycles. The highest BCUT2D eigenvalue weighted by Gasteiger charge is 2.44. The molecule has 0 bridgehead atoms. The van der Waals surface area contributed by atoms with Crippen LogP contribution in [-0.4, -0.2) is 23.9 Å². The Hall–Kier alpha value is -1.06. The van der Waals surface area contributed by atoms with Gasteiger partial charge in [-0.1, -0.05) is 32.1 Å². The molecule has 0 aromatic heterocycles. The molecule has 2 N–H and O–H groups in total. The van der Waals surface area contributed by atoms with Gasteiger partial charge in [0.2, 0.25) is 0 Å². The van der Waals surface area contributed by atoms with Gasteiger partial charge in [0.05, 0.1) is 0 Å². The van der Waals surface area contributed by atoms with E-state index < -0.39 is 11.8 Å². The molecule has 3 saturated carbocycles. The standard InChI is InChI=1S/C14H22N2O2/c17-13(15-10-6-7-10)14(18)16-12-8-11(12)9-4-2-1-3-5-9/h9-12H,1-8H2,(H,15,17)(H,16,18)/t11-,12-/m0/s1. The van der Waals surface area contributed by atoms with Crippen LogP contribution >= 0.6 is 0 Å². The van der Waals surface area contributed by atoms with Crippen LogP contribution in [0.15, 0.2) is 0 Å². The van der Waals surface area contributed by atoms with Crippen molar-refractivity contribution in [1.82, 2.24) is 10.6 Å². The minimum Gasteiger partial charge on any atom is -0.345 e. The zero-order valence-electron chi connectivity index (χ0n) is 10.8. The van der Waals surface area contributed by atoms with E-state index in [2.05, 4.69) is 10.6 Å². The first kappa shape index (κ1) is 12.0. The first-order chi connectivity index (χ1) is 8.74. The molecule has 3 fully saturated rings. The third-order valence-electron chi connectivity index (χ3n) is 4.53. The number of carbonyl (C=O) groups is 2. The van der Waals surface area contributed by atoms with Gasteiger partial charge in [-0.15, -0.1) is 0 Å². The van der Waals surface area contributed by atoms with Gasteiger partial charge in [-0.25, -0.2) is 0 Å². The summed E-state index contributed by atoms with van der Waals surface area (Å²) < 4.78 is 0. The maximum Gasteiger partial charge on any atom is 0.309 e. The lowest BCUT2D eigenvalue weighted by Gasteiger charge is -2.21. The second kappa shape index (κ2) is 4.90. The summed E-state index contributed by atoms with van der Waals surface area (Å²) in [4.78, 5) is 23.2. The molecule has 0 saturated heterocycles. The Morgan fingerprint density at radius 2 is 1.50 bits per heavy atom. The third kappa shape index (κ3) is 2.85. The van der Waals surface area contributed by atoms with Crippen LogP contribution in [0.3, 0.4) is 0 Å². The fourth-order valence-electron chi connectivity index (χ4n) is 3.18. The first-order valence-electron chi connectivity index (χ1n) is 7.35. The Labute approximate surface area is 108 Å². The highest BCUT2D eigenvalue weighted by molar-refractivity contribution is 6.35. The summed E-state index contributed by atoms with van der Waals surface area (Å²) in [7, 11) is 0. The third-order valence-corrected chi connectivity index (χ3v) is 4.53. The minimum atomic E-state index is -0.438. The molecule has 100 valence electrons. The molecular weight excluding hydrogens is 228 g/mol. The summed E-state index contributed by atoms with van der Waals surface area (Å²) in [6.07, 6.45) is 9.78. The van der Waals surface area contributed by atoms with Gasteiger partial charge < -0.3 is 10.6 Å². The smallest absolute Gasteiger partial charge is 0.309 e. The molecule has 2 amide bonds. The molecule has 0 radical (unpaired) electrons. The summed E-state index contributed by atoms with van der Waals surface area (Å²) >= 11 is 0. The Morgan fingerprint density at radius 1 is 0.833 bits per heavy atom. The molecule has 0 aromatic carbocycles. The predicted molar refractivity (Wildman–Crippen MR) is 67.8 cm³/mol. The van der Waals surface area contributed by atoms with Gasteiger partial charge in [0.15, 0.2) is 0 Å². The molecule has 3 rings (SSSR count). The Balaban J connectivity index is 1.40. The topological polar surface area (TPSA) is 58.2 Å². The number of hydrogen-bond donors (Lipinski definition) is 2. The zero-order chi connectivity index (χ0) is 12.5. The molecule has 3 aliphatic rings. The summed E-state index contributed by atoms with van der Waals surface area (Å²) in [5, 5.41) is 5.61. The van der Waals surface area contributed by atoms with Crippen molar-refractivity contribution in [2.75, 3.05) is 0 Å². The molecule has 4 nitrogen and oxygen atoms in total. The molecule has 2 atom stereocenters. The van der Waals surface area contributed by atoms with Gasteiger partial charge in [0.1, 0.15) is 0 Å². The minimum absolute atomic E-state index is 0.261. The van der Waals surface area contributed by atoms with Crippen molar-refractivity contribution in [2.45, 2.75) is 63.5 Å². The van der Waals surface area contributed by atoms with E-state index in [1.807, 2.05) is 0 Å². The SMILES string of the molecule is O=C(NC1CC1)C(=O)N[C@H]1C[C@H]1C1CCCCC1. The summed E-state index contributed by atoms with van der Waals surface area (Å²) in [5.41, 5.74) is 0. The number of nitrogens with one attached hydrogen (secondary N) is 2. The average Bonchev–Trinajstić information content (AvgIpc) is 3.26. The van der Waals surface area contributed by atoms with Crippen LogP contribution in [0.1, 0.15) is 51.4 Å². The monoisotopic (exact) mass is 250 g/mol. The van der Waals surface area contributed by atoms with Crippen molar-refractivity contribution in [1.29, 1.82) is 0 Å². The van der Waals surface area contributed by atoms with E-state index in [0.717, 1.165) is 25.2 Å². The van der Waals surface area contributed by atoms with Crippen LogP contribution in [0.5, 0.6) is 0 Å². The van der Waals surface area contributed by atoms with Crippen LogP contribution in [0.4, 0.5) is 0 Å². The van der Waals surface area contributed by atoms with Crippen molar-refractivity contribution >= 4 is 11.8 Å². The Morgan fingerprint density at radius 3 is 2.17 bits per heavy atom. The molecule has 0 aromatic rings. The van der Waals surface area contributed by atoms with Gasteiger partial charge in [-0.05, 0) is 31.1 Å². The van der Waals surface area contributed by atoms with Crippen LogP contribution in [0.2, 0.25) is 0 Å². The highest BCUT2D eigenvalue weighted by atomic mass is 16.2. The quantitative estimate of drug-likeness (QED) is 0.743. The van der Waals surface area contributed by atoms with Crippen molar-refractivity contribution < 1.29 is 9.59 Å². The van der Waals surface area contributed by atoms with Gasteiger partial charge >= 0.3 is 11.8 Å². The Kier molecular flexibility index (Phi) is 3.27. The van der Waals surface area contributed by atoms with Gasteiger partial charge in [0, 0.05) is 12.1 Å². The van der Waals surface area contributed by atoms with Crippen LogP contribution in [-0.2, 0) is 9.59 Å². The highest BCUT2D eigenvalue weighted by Crippen LogP contribution is 2.44. The number of hydrogen-bond acceptors (Lipinski definition) is 2. The van der Waals surface area contributed by atoms with Crippen molar-refractivity contribution in [3.05, 3.63) is 0 Å². The molecule has 0 aliphatic heterocycles. The van der Waals surface area contributed by atoms with Crippen LogP contribution in [0, 0.1) is 11.8 Å².